The molecule has 0 aliphatic rings. The van der Waals surface area contributed by atoms with Crippen molar-refractivity contribution in [2.24, 2.45) is 0 Å². The van der Waals surface area contributed by atoms with Gasteiger partial charge in [-0.15, -0.1) is 0 Å². The first-order valence-electron chi connectivity index (χ1n) is 21.2. The molecule has 0 bridgehead atoms. The van der Waals surface area contributed by atoms with Crippen molar-refractivity contribution in [1.82, 2.24) is 0 Å². The molecular formula is C43H81NO8P+. The lowest BCUT2D eigenvalue weighted by Gasteiger charge is -2.24. The molecule has 0 rings (SSSR count). The van der Waals surface area contributed by atoms with Crippen molar-refractivity contribution in [3.63, 3.8) is 0 Å². The Balaban J connectivity index is 4.38. The van der Waals surface area contributed by atoms with Gasteiger partial charge in [-0.3, -0.25) is 18.6 Å². The van der Waals surface area contributed by atoms with E-state index in [9.17, 15) is 19.0 Å². The maximum Gasteiger partial charge on any atom is 0.472 e. The minimum absolute atomic E-state index is 0.0284. The highest BCUT2D eigenvalue weighted by molar-refractivity contribution is 7.47. The number of likely N-dealkylation sites (N-methyl/N-ethyl adjacent to an activating group) is 1. The number of hydrogen-bond donors (Lipinski definition) is 1. The van der Waals surface area contributed by atoms with Crippen molar-refractivity contribution in [3.05, 3.63) is 36.5 Å². The minimum Gasteiger partial charge on any atom is -0.462 e. The number of carbonyl (C=O) groups excluding carboxylic acids is 2. The van der Waals surface area contributed by atoms with Crippen molar-refractivity contribution in [3.8, 4) is 0 Å². The number of quaternary nitrogens is 1. The zero-order valence-electron chi connectivity index (χ0n) is 34.7. The number of phosphoric acid groups is 1. The van der Waals surface area contributed by atoms with E-state index in [-0.39, 0.29) is 32.0 Å². The van der Waals surface area contributed by atoms with Crippen LogP contribution in [0.2, 0.25) is 0 Å². The van der Waals surface area contributed by atoms with Crippen LogP contribution in [0.1, 0.15) is 174 Å². The Morgan fingerprint density at radius 3 is 1.51 bits per heavy atom. The maximum atomic E-state index is 12.6. The van der Waals surface area contributed by atoms with Gasteiger partial charge in [-0.1, -0.05) is 127 Å². The van der Waals surface area contributed by atoms with Gasteiger partial charge in [0.2, 0.25) is 0 Å². The average Bonchev–Trinajstić information content (AvgIpc) is 3.10. The lowest BCUT2D eigenvalue weighted by molar-refractivity contribution is -0.870. The summed E-state index contributed by atoms with van der Waals surface area (Å²) in [5, 5.41) is 0. The fourth-order valence-electron chi connectivity index (χ4n) is 5.51. The summed E-state index contributed by atoms with van der Waals surface area (Å²) < 4.78 is 34.2. The predicted molar refractivity (Wildman–Crippen MR) is 220 cm³/mol. The van der Waals surface area contributed by atoms with E-state index in [0.29, 0.717) is 17.4 Å². The second-order valence-electron chi connectivity index (χ2n) is 15.4. The van der Waals surface area contributed by atoms with Gasteiger partial charge in [-0.2, -0.15) is 0 Å². The van der Waals surface area contributed by atoms with Gasteiger partial charge in [-0.25, -0.2) is 4.57 Å². The van der Waals surface area contributed by atoms with E-state index >= 15 is 0 Å². The lowest BCUT2D eigenvalue weighted by atomic mass is 10.1. The highest BCUT2D eigenvalue weighted by Gasteiger charge is 2.27. The van der Waals surface area contributed by atoms with Crippen molar-refractivity contribution >= 4 is 19.8 Å². The summed E-state index contributed by atoms with van der Waals surface area (Å²) in [6, 6.07) is 0. The smallest absolute Gasteiger partial charge is 0.462 e. The van der Waals surface area contributed by atoms with Crippen LogP contribution in [0.3, 0.4) is 0 Å². The maximum absolute atomic E-state index is 12.6. The highest BCUT2D eigenvalue weighted by Crippen LogP contribution is 2.43. The molecule has 0 aromatic rings. The monoisotopic (exact) mass is 771 g/mol. The van der Waals surface area contributed by atoms with E-state index in [0.717, 1.165) is 77.0 Å². The Kier molecular flexibility index (Phi) is 34.7. The Bertz CT molecular complexity index is 1010. The molecule has 0 radical (unpaired) electrons. The molecule has 0 spiro atoms. The molecule has 0 aromatic carbocycles. The topological polar surface area (TPSA) is 108 Å². The summed E-state index contributed by atoms with van der Waals surface area (Å²) in [6.07, 6.45) is 39.0. The van der Waals surface area contributed by atoms with Crippen LogP contribution < -0.4 is 0 Å². The highest BCUT2D eigenvalue weighted by atomic mass is 31.2. The van der Waals surface area contributed by atoms with E-state index in [1.165, 1.54) is 64.2 Å². The third kappa shape index (κ3) is 39.7. The van der Waals surface area contributed by atoms with Gasteiger partial charge in [0.05, 0.1) is 27.7 Å². The molecule has 10 heteroatoms. The average molecular weight is 771 g/mol. The summed E-state index contributed by atoms with van der Waals surface area (Å²) in [6.45, 7) is 4.34. The fourth-order valence-corrected chi connectivity index (χ4v) is 6.25. The Morgan fingerprint density at radius 2 is 1.02 bits per heavy atom. The first-order valence-corrected chi connectivity index (χ1v) is 22.7. The van der Waals surface area contributed by atoms with Crippen molar-refractivity contribution in [2.45, 2.75) is 180 Å². The molecular weight excluding hydrogens is 689 g/mol. The van der Waals surface area contributed by atoms with Crippen LogP contribution in [0.4, 0.5) is 0 Å². The Labute approximate surface area is 325 Å². The molecule has 1 unspecified atom stereocenters. The number of esters is 2. The Morgan fingerprint density at radius 1 is 0.585 bits per heavy atom. The van der Waals surface area contributed by atoms with Crippen LogP contribution in [0.5, 0.6) is 0 Å². The van der Waals surface area contributed by atoms with Crippen LogP contribution in [0, 0.1) is 0 Å². The van der Waals surface area contributed by atoms with E-state index in [4.69, 9.17) is 18.5 Å². The number of carbonyl (C=O) groups is 2. The van der Waals surface area contributed by atoms with E-state index in [1.807, 2.05) is 21.1 Å². The molecule has 1 N–H and O–H groups in total. The second kappa shape index (κ2) is 35.9. The van der Waals surface area contributed by atoms with Crippen molar-refractivity contribution < 1.29 is 42.1 Å². The molecule has 0 fully saturated rings. The van der Waals surface area contributed by atoms with E-state index < -0.39 is 26.5 Å². The molecule has 2 atom stereocenters. The second-order valence-corrected chi connectivity index (χ2v) is 16.8. The van der Waals surface area contributed by atoms with Gasteiger partial charge in [0.1, 0.15) is 19.8 Å². The zero-order valence-corrected chi connectivity index (χ0v) is 35.6. The van der Waals surface area contributed by atoms with Crippen LogP contribution >= 0.6 is 7.82 Å². The summed E-state index contributed by atoms with van der Waals surface area (Å²) in [5.74, 6) is -0.819. The number of ether oxygens (including phenoxy) is 2. The third-order valence-corrected chi connectivity index (χ3v) is 9.88. The number of unbranched alkanes of at least 4 members (excludes halogenated alkanes) is 18. The molecule has 0 amide bonds. The lowest BCUT2D eigenvalue weighted by Crippen LogP contribution is -2.37. The summed E-state index contributed by atoms with van der Waals surface area (Å²) >= 11 is 0. The largest absolute Gasteiger partial charge is 0.472 e. The van der Waals surface area contributed by atoms with Gasteiger partial charge in [0.15, 0.2) is 6.10 Å². The SMILES string of the molecule is CCCCC/C=C\C/C=C\CCCCCCCCCC(=O)OC[C@H](COP(=O)(O)OCC[N+](C)(C)C)OC(=O)CCCCCCC/C=C\CCCCC. The van der Waals surface area contributed by atoms with Crippen LogP contribution in [-0.2, 0) is 32.7 Å². The van der Waals surface area contributed by atoms with E-state index in [2.05, 4.69) is 50.3 Å². The van der Waals surface area contributed by atoms with Crippen molar-refractivity contribution in [1.29, 1.82) is 0 Å². The van der Waals surface area contributed by atoms with Crippen LogP contribution in [-0.4, -0.2) is 74.9 Å². The fraction of sp³-hybridized carbons (Fsp3) is 0.814. The molecule has 0 saturated heterocycles. The third-order valence-electron chi connectivity index (χ3n) is 8.89. The molecule has 53 heavy (non-hydrogen) atoms. The number of rotatable bonds is 38. The van der Waals surface area contributed by atoms with Crippen molar-refractivity contribution in [2.75, 3.05) is 47.5 Å². The van der Waals surface area contributed by atoms with Gasteiger partial charge in [0, 0.05) is 12.8 Å². The van der Waals surface area contributed by atoms with Gasteiger partial charge < -0.3 is 18.9 Å². The number of hydrogen-bond acceptors (Lipinski definition) is 7. The first kappa shape index (κ1) is 51.2. The van der Waals surface area contributed by atoms with E-state index in [1.54, 1.807) is 0 Å². The number of nitrogens with zero attached hydrogens (tertiary/aromatic N) is 1. The molecule has 9 nitrogen and oxygen atoms in total. The molecule has 0 aliphatic carbocycles. The number of phosphoric ester groups is 1. The molecule has 0 heterocycles. The van der Waals surface area contributed by atoms with Crippen LogP contribution in [0.25, 0.3) is 0 Å². The minimum atomic E-state index is -4.37. The normalized spacial score (nSPS) is 14.0. The first-order chi connectivity index (χ1) is 25.5. The van der Waals surface area contributed by atoms with Crippen LogP contribution in [0.15, 0.2) is 36.5 Å². The standard InChI is InChI=1S/C43H80NO8P/c1-6-8-10-12-14-16-18-20-21-22-23-24-26-27-29-31-33-35-42(45)49-39-41(40-51-53(47,48)50-38-37-44(3,4)5)52-43(46)36-34-32-30-28-25-19-17-15-13-11-9-7-2/h14-17,20-21,41H,6-13,18-19,22-40H2,1-5H3/p+1/b16-14-,17-15-,21-20-/t41-/m1/s1. The van der Waals surface area contributed by atoms with Gasteiger partial charge >= 0.3 is 19.8 Å². The zero-order chi connectivity index (χ0) is 39.3. The molecule has 0 aliphatic heterocycles. The van der Waals surface area contributed by atoms with Gasteiger partial charge in [0.25, 0.3) is 0 Å². The molecule has 0 aromatic heterocycles. The summed E-state index contributed by atoms with van der Waals surface area (Å²) in [7, 11) is 1.46. The molecule has 310 valence electrons. The number of allylic oxidation sites excluding steroid dienone is 6. The summed E-state index contributed by atoms with van der Waals surface area (Å²) in [4.78, 5) is 35.3. The van der Waals surface area contributed by atoms with Gasteiger partial charge in [-0.05, 0) is 70.6 Å². The predicted octanol–water partition coefficient (Wildman–Crippen LogP) is 11.7. The summed E-state index contributed by atoms with van der Waals surface area (Å²) in [5.41, 5.74) is 0. The molecule has 0 saturated carbocycles. The Hall–Kier alpha value is -1.77. The quantitative estimate of drug-likeness (QED) is 0.0217.